The second kappa shape index (κ2) is 8.75. The number of aryl methyl sites for hydroxylation is 1. The van der Waals surface area contributed by atoms with E-state index >= 15 is 0 Å². The van der Waals surface area contributed by atoms with Gasteiger partial charge in [0, 0.05) is 24.2 Å². The Kier molecular flexibility index (Phi) is 5.86. The van der Waals surface area contributed by atoms with Gasteiger partial charge in [0.2, 0.25) is 17.7 Å². The van der Waals surface area contributed by atoms with Crippen molar-refractivity contribution in [1.29, 1.82) is 0 Å². The normalized spacial score (nSPS) is 11.0. The molecule has 0 radical (unpaired) electrons. The van der Waals surface area contributed by atoms with E-state index in [-0.39, 0.29) is 24.3 Å². The van der Waals surface area contributed by atoms with Crippen LogP contribution in [-0.2, 0) is 13.1 Å². The largest absolute Gasteiger partial charge is 0.488 e. The molecule has 0 fully saturated rings. The van der Waals surface area contributed by atoms with Crippen LogP contribution in [0.2, 0.25) is 0 Å². The Balaban J connectivity index is 1.74. The third-order valence-electron chi connectivity index (χ3n) is 5.08. The number of nitrogens with one attached hydrogen (secondary N) is 1. The van der Waals surface area contributed by atoms with Gasteiger partial charge in [-0.3, -0.25) is 9.36 Å². The summed E-state index contributed by atoms with van der Waals surface area (Å²) in [5.41, 5.74) is 15.2. The van der Waals surface area contributed by atoms with Crippen LogP contribution in [0.5, 0.6) is 0 Å². The van der Waals surface area contributed by atoms with Gasteiger partial charge in [-0.2, -0.15) is 15.0 Å². The Bertz CT molecular complexity index is 1310. The maximum atomic E-state index is 11.9. The molecular formula is C21H22BN7O3. The summed E-state index contributed by atoms with van der Waals surface area (Å²) < 4.78 is 1.82. The molecule has 0 saturated heterocycles. The van der Waals surface area contributed by atoms with Gasteiger partial charge in [-0.25, -0.2) is 0 Å². The van der Waals surface area contributed by atoms with E-state index in [9.17, 15) is 14.8 Å². The SMILES string of the molecule is Cc1cc2c(CN)cccc2n1-c1nc(NCc2cccc(B(O)O)c2)nc(C(N)=O)n1. The number of rotatable bonds is 7. The zero-order valence-electron chi connectivity index (χ0n) is 17.4. The highest BCUT2D eigenvalue weighted by Gasteiger charge is 2.17. The standard InChI is InChI=1S/C21H22BN7O3/c1-12-8-16-14(10-23)5-3-7-17(16)29(12)21-27-19(18(24)30)26-20(28-21)25-11-13-4-2-6-15(9-13)22(31)32/h2-9,31-32H,10-11,23H2,1H3,(H2,24,30)(H,25,26,27,28). The minimum absolute atomic E-state index is 0.162. The summed E-state index contributed by atoms with van der Waals surface area (Å²) in [6, 6.07) is 14.6. The number of fused-ring (bicyclic) bond motifs is 1. The molecule has 32 heavy (non-hydrogen) atoms. The molecule has 0 atom stereocenters. The van der Waals surface area contributed by atoms with Crippen LogP contribution >= 0.6 is 0 Å². The molecule has 0 aliphatic heterocycles. The van der Waals surface area contributed by atoms with Crippen molar-refractivity contribution in [2.24, 2.45) is 11.5 Å². The first kappa shape index (κ1) is 21.4. The molecule has 0 bridgehead atoms. The van der Waals surface area contributed by atoms with E-state index in [0.717, 1.165) is 27.7 Å². The molecule has 2 aromatic carbocycles. The summed E-state index contributed by atoms with van der Waals surface area (Å²) in [5, 5.41) is 22.7. The quantitative estimate of drug-likeness (QED) is 0.255. The van der Waals surface area contributed by atoms with Gasteiger partial charge in [-0.15, -0.1) is 0 Å². The lowest BCUT2D eigenvalue weighted by Crippen LogP contribution is -2.30. The number of carbonyl (C=O) groups excluding carboxylic acids is 1. The number of nitrogens with two attached hydrogens (primary N) is 2. The predicted octanol–water partition coefficient (Wildman–Crippen LogP) is -0.0266. The van der Waals surface area contributed by atoms with Crippen LogP contribution in [0.25, 0.3) is 16.9 Å². The molecule has 0 aliphatic rings. The second-order valence-corrected chi connectivity index (χ2v) is 7.29. The van der Waals surface area contributed by atoms with Crippen LogP contribution in [0.4, 0.5) is 5.95 Å². The minimum atomic E-state index is -1.57. The molecule has 4 aromatic rings. The Morgan fingerprint density at radius 2 is 1.91 bits per heavy atom. The molecule has 10 nitrogen and oxygen atoms in total. The first-order chi connectivity index (χ1) is 15.4. The van der Waals surface area contributed by atoms with Gasteiger partial charge >= 0.3 is 7.12 Å². The molecule has 0 unspecified atom stereocenters. The van der Waals surface area contributed by atoms with E-state index in [1.54, 1.807) is 18.2 Å². The lowest BCUT2D eigenvalue weighted by Gasteiger charge is -2.11. The van der Waals surface area contributed by atoms with Gasteiger partial charge in [0.25, 0.3) is 5.91 Å². The summed E-state index contributed by atoms with van der Waals surface area (Å²) in [4.78, 5) is 24.7. The molecule has 2 aromatic heterocycles. The maximum Gasteiger partial charge on any atom is 0.488 e. The summed E-state index contributed by atoms with van der Waals surface area (Å²) in [7, 11) is -1.57. The van der Waals surface area contributed by atoms with Crippen LogP contribution in [0, 0.1) is 6.92 Å². The van der Waals surface area contributed by atoms with Gasteiger partial charge in [0.05, 0.1) is 5.52 Å². The monoisotopic (exact) mass is 431 g/mol. The van der Waals surface area contributed by atoms with E-state index in [2.05, 4.69) is 20.3 Å². The first-order valence-corrected chi connectivity index (χ1v) is 9.92. The third-order valence-corrected chi connectivity index (χ3v) is 5.08. The molecule has 1 amide bonds. The number of primary amides is 1. The highest BCUT2D eigenvalue weighted by Crippen LogP contribution is 2.25. The molecule has 0 spiro atoms. The Hall–Kier alpha value is -3.80. The number of carbonyl (C=O) groups is 1. The Morgan fingerprint density at radius 3 is 2.62 bits per heavy atom. The molecule has 0 aliphatic carbocycles. The third kappa shape index (κ3) is 4.17. The smallest absolute Gasteiger partial charge is 0.423 e. The fraction of sp³-hybridized carbons (Fsp3) is 0.143. The zero-order valence-corrected chi connectivity index (χ0v) is 17.4. The molecule has 4 rings (SSSR count). The van der Waals surface area contributed by atoms with Crippen LogP contribution in [0.15, 0.2) is 48.5 Å². The second-order valence-electron chi connectivity index (χ2n) is 7.29. The minimum Gasteiger partial charge on any atom is -0.423 e. The molecule has 11 heteroatoms. The van der Waals surface area contributed by atoms with Crippen molar-refractivity contribution in [2.75, 3.05) is 5.32 Å². The number of amides is 1. The van der Waals surface area contributed by atoms with E-state index in [4.69, 9.17) is 11.5 Å². The number of hydrogen-bond donors (Lipinski definition) is 5. The molecule has 2 heterocycles. The molecule has 0 saturated carbocycles. The first-order valence-electron chi connectivity index (χ1n) is 9.92. The number of nitrogens with zero attached hydrogens (tertiary/aromatic N) is 4. The van der Waals surface area contributed by atoms with Gasteiger partial charge in [-0.1, -0.05) is 36.4 Å². The Labute approximate surface area is 184 Å². The van der Waals surface area contributed by atoms with E-state index in [1.165, 1.54) is 0 Å². The molecule has 162 valence electrons. The van der Waals surface area contributed by atoms with Crippen LogP contribution in [0.1, 0.15) is 27.4 Å². The molecule has 7 N–H and O–H groups in total. The van der Waals surface area contributed by atoms with Crippen molar-refractivity contribution in [3.05, 3.63) is 71.2 Å². The van der Waals surface area contributed by atoms with Crippen molar-refractivity contribution >= 4 is 35.3 Å². The summed E-state index contributed by atoms with van der Waals surface area (Å²) in [6.07, 6.45) is 0. The van der Waals surface area contributed by atoms with Crippen LogP contribution in [0.3, 0.4) is 0 Å². The fourth-order valence-corrected chi connectivity index (χ4v) is 3.57. The summed E-state index contributed by atoms with van der Waals surface area (Å²) >= 11 is 0. The van der Waals surface area contributed by atoms with Crippen LogP contribution in [-0.4, -0.2) is 42.6 Å². The van der Waals surface area contributed by atoms with Crippen molar-refractivity contribution in [2.45, 2.75) is 20.0 Å². The predicted molar refractivity (Wildman–Crippen MR) is 121 cm³/mol. The number of hydrogen-bond acceptors (Lipinski definition) is 8. The summed E-state index contributed by atoms with van der Waals surface area (Å²) in [5.74, 6) is -0.542. The molecular weight excluding hydrogens is 409 g/mol. The van der Waals surface area contributed by atoms with Crippen LogP contribution < -0.4 is 22.2 Å². The fourth-order valence-electron chi connectivity index (χ4n) is 3.57. The van der Waals surface area contributed by atoms with Crippen molar-refractivity contribution in [1.82, 2.24) is 19.5 Å². The summed E-state index contributed by atoms with van der Waals surface area (Å²) in [6.45, 7) is 2.58. The zero-order chi connectivity index (χ0) is 22.8. The topological polar surface area (TPSA) is 165 Å². The lowest BCUT2D eigenvalue weighted by atomic mass is 9.80. The number of anilines is 1. The van der Waals surface area contributed by atoms with E-state index in [0.29, 0.717) is 12.0 Å². The van der Waals surface area contributed by atoms with E-state index < -0.39 is 13.0 Å². The van der Waals surface area contributed by atoms with Gasteiger partial charge < -0.3 is 26.8 Å². The average molecular weight is 431 g/mol. The number of aromatic nitrogens is 4. The van der Waals surface area contributed by atoms with E-state index in [1.807, 2.05) is 41.8 Å². The van der Waals surface area contributed by atoms with Crippen molar-refractivity contribution in [3.63, 3.8) is 0 Å². The van der Waals surface area contributed by atoms with Gasteiger partial charge in [0.1, 0.15) is 0 Å². The number of benzene rings is 2. The highest BCUT2D eigenvalue weighted by molar-refractivity contribution is 6.58. The Morgan fingerprint density at radius 1 is 1.12 bits per heavy atom. The van der Waals surface area contributed by atoms with Gasteiger partial charge in [-0.05, 0) is 35.6 Å². The lowest BCUT2D eigenvalue weighted by molar-refractivity contribution is 0.0990. The highest BCUT2D eigenvalue weighted by atomic mass is 16.4. The average Bonchev–Trinajstić information content (AvgIpc) is 3.13. The van der Waals surface area contributed by atoms with Gasteiger partial charge in [0.15, 0.2) is 0 Å². The van der Waals surface area contributed by atoms with Crippen molar-refractivity contribution in [3.8, 4) is 5.95 Å². The maximum absolute atomic E-state index is 11.9. The van der Waals surface area contributed by atoms with Crippen molar-refractivity contribution < 1.29 is 14.8 Å².